The van der Waals surface area contributed by atoms with E-state index in [0.29, 0.717) is 6.42 Å². The minimum atomic E-state index is -0.319. The van der Waals surface area contributed by atoms with Gasteiger partial charge in [-0.15, -0.1) is 0 Å². The van der Waals surface area contributed by atoms with Gasteiger partial charge >= 0.3 is 0 Å². The molecule has 14 heavy (non-hydrogen) atoms. The van der Waals surface area contributed by atoms with Crippen LogP contribution in [0.5, 0.6) is 5.75 Å². The van der Waals surface area contributed by atoms with Crippen LogP contribution in [-0.2, 0) is 0 Å². The predicted molar refractivity (Wildman–Crippen MR) is 54.7 cm³/mol. The highest BCUT2D eigenvalue weighted by atomic mass is 19.1. The monoisotopic (exact) mass is 195 g/mol. The molecule has 0 fully saturated rings. The second kappa shape index (κ2) is 3.86. The Bertz CT molecular complexity index is 316. The molecule has 76 valence electrons. The van der Waals surface area contributed by atoms with E-state index in [1.165, 1.54) is 0 Å². The number of alkyl halides is 1. The highest BCUT2D eigenvalue weighted by Crippen LogP contribution is 2.32. The molecule has 0 N–H and O–H groups in total. The molecule has 1 heterocycles. The first-order chi connectivity index (χ1) is 6.81. The molecule has 1 aliphatic rings. The van der Waals surface area contributed by atoms with E-state index in [1.807, 2.05) is 31.3 Å². The SMILES string of the molecule is CN1CC(CCF)Oc2ccccc21. The second-order valence-corrected chi connectivity index (χ2v) is 3.57. The quantitative estimate of drug-likeness (QED) is 0.717. The van der Waals surface area contributed by atoms with Gasteiger partial charge in [0.25, 0.3) is 0 Å². The van der Waals surface area contributed by atoms with Crippen molar-refractivity contribution in [3.63, 3.8) is 0 Å². The van der Waals surface area contributed by atoms with Crippen molar-refractivity contribution in [2.75, 3.05) is 25.2 Å². The molecule has 0 saturated carbocycles. The van der Waals surface area contributed by atoms with Gasteiger partial charge in [0.15, 0.2) is 0 Å². The number of halogens is 1. The van der Waals surface area contributed by atoms with Crippen LogP contribution in [-0.4, -0.2) is 26.4 Å². The molecule has 0 bridgehead atoms. The first kappa shape index (κ1) is 9.31. The average molecular weight is 195 g/mol. The summed E-state index contributed by atoms with van der Waals surface area (Å²) in [6.45, 7) is 0.446. The molecule has 0 aromatic heterocycles. The molecule has 1 atom stereocenters. The van der Waals surface area contributed by atoms with E-state index in [4.69, 9.17) is 4.74 Å². The maximum absolute atomic E-state index is 12.2. The highest BCUT2D eigenvalue weighted by Gasteiger charge is 2.22. The average Bonchev–Trinajstić information content (AvgIpc) is 2.18. The van der Waals surface area contributed by atoms with Crippen LogP contribution in [0.25, 0.3) is 0 Å². The van der Waals surface area contributed by atoms with Gasteiger partial charge in [-0.05, 0) is 12.1 Å². The minimum absolute atomic E-state index is 0.0140. The largest absolute Gasteiger partial charge is 0.486 e. The van der Waals surface area contributed by atoms with Crippen molar-refractivity contribution in [1.29, 1.82) is 0 Å². The number of fused-ring (bicyclic) bond motifs is 1. The normalized spacial score (nSPS) is 20.1. The van der Waals surface area contributed by atoms with Crippen LogP contribution >= 0.6 is 0 Å². The van der Waals surface area contributed by atoms with E-state index >= 15 is 0 Å². The van der Waals surface area contributed by atoms with E-state index in [-0.39, 0.29) is 12.8 Å². The van der Waals surface area contributed by atoms with E-state index in [2.05, 4.69) is 4.90 Å². The van der Waals surface area contributed by atoms with Crippen LogP contribution in [0.1, 0.15) is 6.42 Å². The molecule has 2 rings (SSSR count). The lowest BCUT2D eigenvalue weighted by atomic mass is 10.1. The number of nitrogens with zero attached hydrogens (tertiary/aromatic N) is 1. The Morgan fingerprint density at radius 2 is 2.29 bits per heavy atom. The topological polar surface area (TPSA) is 12.5 Å². The summed E-state index contributed by atoms with van der Waals surface area (Å²) in [5.41, 5.74) is 1.09. The molecule has 0 saturated heterocycles. The van der Waals surface area contributed by atoms with E-state index in [9.17, 15) is 4.39 Å². The first-order valence-corrected chi connectivity index (χ1v) is 4.84. The third-order valence-electron chi connectivity index (χ3n) is 2.48. The Morgan fingerprint density at radius 1 is 1.50 bits per heavy atom. The zero-order chi connectivity index (χ0) is 9.97. The standard InChI is InChI=1S/C11H14FNO/c1-13-8-9(6-7-12)14-11-5-3-2-4-10(11)13/h2-5,9H,6-8H2,1H3. The van der Waals surface area contributed by atoms with Gasteiger partial charge in [0.1, 0.15) is 11.9 Å². The zero-order valence-electron chi connectivity index (χ0n) is 8.24. The number of anilines is 1. The summed E-state index contributed by atoms with van der Waals surface area (Å²) in [5.74, 6) is 0.861. The summed E-state index contributed by atoms with van der Waals surface area (Å²) in [6, 6.07) is 7.86. The summed E-state index contributed by atoms with van der Waals surface area (Å²) in [7, 11) is 2.01. The van der Waals surface area contributed by atoms with Gasteiger partial charge in [-0.25, -0.2) is 0 Å². The van der Waals surface area contributed by atoms with Gasteiger partial charge in [-0.2, -0.15) is 0 Å². The van der Waals surface area contributed by atoms with E-state index in [0.717, 1.165) is 18.0 Å². The van der Waals surface area contributed by atoms with Crippen LogP contribution in [0.3, 0.4) is 0 Å². The highest BCUT2D eigenvalue weighted by molar-refractivity contribution is 5.59. The van der Waals surface area contributed by atoms with Gasteiger partial charge in [-0.1, -0.05) is 12.1 Å². The van der Waals surface area contributed by atoms with Crippen LogP contribution in [0.2, 0.25) is 0 Å². The summed E-state index contributed by atoms with van der Waals surface area (Å²) in [5, 5.41) is 0. The molecule has 1 aromatic carbocycles. The van der Waals surface area contributed by atoms with Crippen molar-refractivity contribution in [3.05, 3.63) is 24.3 Å². The number of likely N-dealkylation sites (N-methyl/N-ethyl adjacent to an activating group) is 1. The number of para-hydroxylation sites is 2. The van der Waals surface area contributed by atoms with Gasteiger partial charge in [0.05, 0.1) is 18.9 Å². The number of hydrogen-bond donors (Lipinski definition) is 0. The Hall–Kier alpha value is -1.25. The van der Waals surface area contributed by atoms with E-state index < -0.39 is 0 Å². The summed E-state index contributed by atoms with van der Waals surface area (Å²) in [6.07, 6.45) is 0.457. The Balaban J connectivity index is 2.20. The molecule has 0 amide bonds. The Kier molecular flexibility index (Phi) is 2.57. The zero-order valence-corrected chi connectivity index (χ0v) is 8.24. The van der Waals surface area contributed by atoms with Crippen molar-refractivity contribution in [3.8, 4) is 5.75 Å². The van der Waals surface area contributed by atoms with Gasteiger partial charge in [0, 0.05) is 13.5 Å². The molecular weight excluding hydrogens is 181 g/mol. The molecule has 1 unspecified atom stereocenters. The number of benzene rings is 1. The van der Waals surface area contributed by atoms with Crippen molar-refractivity contribution in [2.45, 2.75) is 12.5 Å². The number of rotatable bonds is 2. The number of ether oxygens (including phenoxy) is 1. The lowest BCUT2D eigenvalue weighted by Crippen LogP contribution is -2.37. The minimum Gasteiger partial charge on any atom is -0.486 e. The Labute approximate surface area is 83.3 Å². The lowest BCUT2D eigenvalue weighted by molar-refractivity contribution is 0.174. The summed E-state index contributed by atoms with van der Waals surface area (Å²) < 4.78 is 17.8. The molecule has 0 radical (unpaired) electrons. The van der Waals surface area contributed by atoms with Crippen LogP contribution in [0.15, 0.2) is 24.3 Å². The molecule has 0 spiro atoms. The van der Waals surface area contributed by atoms with Crippen LogP contribution in [0, 0.1) is 0 Å². The summed E-state index contributed by atoms with van der Waals surface area (Å²) in [4.78, 5) is 2.11. The maximum atomic E-state index is 12.2. The van der Waals surface area contributed by atoms with Crippen LogP contribution in [0.4, 0.5) is 10.1 Å². The Morgan fingerprint density at radius 3 is 3.07 bits per heavy atom. The molecular formula is C11H14FNO. The molecule has 1 aliphatic heterocycles. The van der Waals surface area contributed by atoms with Crippen molar-refractivity contribution in [2.24, 2.45) is 0 Å². The fourth-order valence-corrected chi connectivity index (χ4v) is 1.76. The molecule has 3 heteroatoms. The lowest BCUT2D eigenvalue weighted by Gasteiger charge is -2.33. The van der Waals surface area contributed by atoms with E-state index in [1.54, 1.807) is 0 Å². The maximum Gasteiger partial charge on any atom is 0.143 e. The predicted octanol–water partition coefficient (Wildman–Crippen LogP) is 2.24. The first-order valence-electron chi connectivity index (χ1n) is 4.84. The second-order valence-electron chi connectivity index (χ2n) is 3.57. The smallest absolute Gasteiger partial charge is 0.143 e. The van der Waals surface area contributed by atoms with Gasteiger partial charge in [-0.3, -0.25) is 4.39 Å². The molecule has 1 aromatic rings. The van der Waals surface area contributed by atoms with Crippen molar-refractivity contribution in [1.82, 2.24) is 0 Å². The third kappa shape index (κ3) is 1.67. The fraction of sp³-hybridized carbons (Fsp3) is 0.455. The van der Waals surface area contributed by atoms with Gasteiger partial charge < -0.3 is 9.64 Å². The number of hydrogen-bond acceptors (Lipinski definition) is 2. The molecule has 2 nitrogen and oxygen atoms in total. The summed E-state index contributed by atoms with van der Waals surface area (Å²) >= 11 is 0. The van der Waals surface area contributed by atoms with Crippen LogP contribution < -0.4 is 9.64 Å². The van der Waals surface area contributed by atoms with Crippen molar-refractivity contribution < 1.29 is 9.13 Å². The third-order valence-corrected chi connectivity index (χ3v) is 2.48. The molecule has 0 aliphatic carbocycles. The van der Waals surface area contributed by atoms with Crippen molar-refractivity contribution >= 4 is 5.69 Å². The fourth-order valence-electron chi connectivity index (χ4n) is 1.76. The van der Waals surface area contributed by atoms with Gasteiger partial charge in [0.2, 0.25) is 0 Å².